The Morgan fingerprint density at radius 2 is 2.13 bits per heavy atom. The molecule has 0 amide bonds. The van der Waals surface area contributed by atoms with Crippen LogP contribution < -0.4 is 9.47 Å². The molecule has 1 aromatic heterocycles. The van der Waals surface area contributed by atoms with E-state index in [9.17, 15) is 0 Å². The zero-order valence-corrected chi connectivity index (χ0v) is 10.4. The third-order valence-electron chi connectivity index (χ3n) is 1.73. The van der Waals surface area contributed by atoms with Crippen LogP contribution in [0.4, 0.5) is 0 Å². The summed E-state index contributed by atoms with van der Waals surface area (Å²) in [6.07, 6.45) is 2.51. The molecular formula is C10H14BrNO3. The molecule has 0 aliphatic rings. The van der Waals surface area contributed by atoms with Crippen molar-refractivity contribution >= 4 is 15.9 Å². The van der Waals surface area contributed by atoms with Crippen molar-refractivity contribution in [3.63, 3.8) is 0 Å². The number of aromatic nitrogens is 1. The Bertz CT molecular complexity index is 307. The van der Waals surface area contributed by atoms with E-state index < -0.39 is 0 Å². The van der Waals surface area contributed by atoms with Crippen LogP contribution in [0.5, 0.6) is 11.6 Å². The number of rotatable bonds is 6. The lowest BCUT2D eigenvalue weighted by molar-refractivity contribution is 0.170. The Labute approximate surface area is 97.7 Å². The molecule has 0 N–H and O–H groups in total. The molecule has 0 unspecified atom stereocenters. The summed E-state index contributed by atoms with van der Waals surface area (Å²) in [5.74, 6) is 1.14. The maximum atomic E-state index is 5.51. The second-order valence-corrected chi connectivity index (χ2v) is 3.77. The van der Waals surface area contributed by atoms with Crippen LogP contribution in [-0.4, -0.2) is 32.4 Å². The number of nitrogens with zero attached hydrogens (tertiary/aromatic N) is 1. The van der Waals surface area contributed by atoms with Gasteiger partial charge in [0.2, 0.25) is 0 Å². The van der Waals surface area contributed by atoms with Gasteiger partial charge in [-0.3, -0.25) is 0 Å². The summed E-state index contributed by atoms with van der Waals surface area (Å²) in [6.45, 7) is 1.27. The van der Waals surface area contributed by atoms with Crippen molar-refractivity contribution in [2.75, 3.05) is 27.4 Å². The van der Waals surface area contributed by atoms with Gasteiger partial charge in [-0.25, -0.2) is 4.98 Å². The Morgan fingerprint density at radius 1 is 1.33 bits per heavy atom. The molecule has 0 saturated heterocycles. The number of ether oxygens (including phenoxy) is 3. The van der Waals surface area contributed by atoms with Gasteiger partial charge in [-0.05, 0) is 15.9 Å². The van der Waals surface area contributed by atoms with Gasteiger partial charge >= 0.3 is 0 Å². The molecule has 0 aromatic carbocycles. The molecule has 5 heteroatoms. The molecule has 4 nitrogen and oxygen atoms in total. The molecule has 1 aromatic rings. The van der Waals surface area contributed by atoms with Gasteiger partial charge in [0, 0.05) is 36.9 Å². The Kier molecular flexibility index (Phi) is 5.42. The largest absolute Gasteiger partial charge is 0.488 e. The first-order valence-electron chi connectivity index (χ1n) is 4.59. The predicted octanol–water partition coefficient (Wildman–Crippen LogP) is 2.27. The van der Waals surface area contributed by atoms with Crippen molar-refractivity contribution < 1.29 is 14.2 Å². The quantitative estimate of drug-likeness (QED) is 0.747. The molecule has 0 atom stereocenters. The minimum atomic E-state index is 0.496. The van der Waals surface area contributed by atoms with E-state index in [2.05, 4.69) is 20.9 Å². The molecule has 1 rings (SSSR count). The summed E-state index contributed by atoms with van der Waals surface area (Å²) in [4.78, 5) is 4.07. The minimum absolute atomic E-state index is 0.496. The van der Waals surface area contributed by atoms with Crippen molar-refractivity contribution in [2.45, 2.75) is 6.42 Å². The summed E-state index contributed by atoms with van der Waals surface area (Å²) < 4.78 is 16.4. The fourth-order valence-corrected chi connectivity index (χ4v) is 1.36. The first kappa shape index (κ1) is 12.3. The van der Waals surface area contributed by atoms with Gasteiger partial charge in [0.1, 0.15) is 0 Å². The van der Waals surface area contributed by atoms with E-state index in [1.165, 1.54) is 0 Å². The van der Waals surface area contributed by atoms with Gasteiger partial charge in [-0.1, -0.05) is 0 Å². The Morgan fingerprint density at radius 3 is 2.80 bits per heavy atom. The number of halogens is 1. The number of methoxy groups -OCH3 is 2. The van der Waals surface area contributed by atoms with Crippen molar-refractivity contribution in [1.29, 1.82) is 0 Å². The lowest BCUT2D eigenvalue weighted by Crippen LogP contribution is -2.03. The molecule has 84 valence electrons. The third kappa shape index (κ3) is 4.05. The van der Waals surface area contributed by atoms with Crippen molar-refractivity contribution in [1.82, 2.24) is 4.98 Å². The molecule has 0 fully saturated rings. The average molecular weight is 276 g/mol. The maximum Gasteiger partial charge on any atom is 0.256 e. The standard InChI is InChI=1S/C10H14BrNO3/c1-13-4-3-5-15-9-6-8(11)7-12-10(9)14-2/h6-7H,3-5H2,1-2H3. The van der Waals surface area contributed by atoms with Crippen LogP contribution in [0.1, 0.15) is 6.42 Å². The molecule has 15 heavy (non-hydrogen) atoms. The fraction of sp³-hybridized carbons (Fsp3) is 0.500. The first-order valence-corrected chi connectivity index (χ1v) is 5.38. The molecule has 1 heterocycles. The molecular weight excluding hydrogens is 262 g/mol. The third-order valence-corrected chi connectivity index (χ3v) is 2.16. The summed E-state index contributed by atoms with van der Waals surface area (Å²) in [5, 5.41) is 0. The lowest BCUT2D eigenvalue weighted by Gasteiger charge is -2.09. The maximum absolute atomic E-state index is 5.51. The van der Waals surface area contributed by atoms with Crippen LogP contribution in [0.2, 0.25) is 0 Å². The molecule has 0 saturated carbocycles. The second-order valence-electron chi connectivity index (χ2n) is 2.86. The average Bonchev–Trinajstić information content (AvgIpc) is 2.25. The van der Waals surface area contributed by atoms with Crippen molar-refractivity contribution in [3.8, 4) is 11.6 Å². The van der Waals surface area contributed by atoms with Gasteiger partial charge < -0.3 is 14.2 Å². The van der Waals surface area contributed by atoms with Crippen molar-refractivity contribution in [2.24, 2.45) is 0 Å². The van der Waals surface area contributed by atoms with Gasteiger partial charge in [0.25, 0.3) is 5.88 Å². The first-order chi connectivity index (χ1) is 7.27. The van der Waals surface area contributed by atoms with E-state index in [0.717, 1.165) is 10.9 Å². The Balaban J connectivity index is 2.54. The number of hydrogen-bond acceptors (Lipinski definition) is 4. The molecule has 0 radical (unpaired) electrons. The monoisotopic (exact) mass is 275 g/mol. The van der Waals surface area contributed by atoms with E-state index >= 15 is 0 Å². The van der Waals surface area contributed by atoms with Crippen molar-refractivity contribution in [3.05, 3.63) is 16.7 Å². The number of hydrogen-bond donors (Lipinski definition) is 0. The lowest BCUT2D eigenvalue weighted by atomic mass is 10.4. The molecule has 0 aliphatic carbocycles. The van der Waals surface area contributed by atoms with E-state index in [-0.39, 0.29) is 0 Å². The van der Waals surface area contributed by atoms with Gasteiger partial charge in [-0.2, -0.15) is 0 Å². The zero-order chi connectivity index (χ0) is 11.1. The normalized spacial score (nSPS) is 10.1. The highest BCUT2D eigenvalue weighted by Crippen LogP contribution is 2.27. The molecule has 0 aliphatic heterocycles. The van der Waals surface area contributed by atoms with Crippen LogP contribution in [0.25, 0.3) is 0 Å². The van der Waals surface area contributed by atoms with Crippen LogP contribution in [0, 0.1) is 0 Å². The fourth-order valence-electron chi connectivity index (χ4n) is 1.05. The van der Waals surface area contributed by atoms with E-state index in [1.807, 2.05) is 6.07 Å². The number of pyridine rings is 1. The predicted molar refractivity (Wildman–Crippen MR) is 60.5 cm³/mol. The highest BCUT2D eigenvalue weighted by molar-refractivity contribution is 9.10. The summed E-state index contributed by atoms with van der Waals surface area (Å²) >= 11 is 3.33. The van der Waals surface area contributed by atoms with E-state index in [1.54, 1.807) is 20.4 Å². The SMILES string of the molecule is COCCCOc1cc(Br)cnc1OC. The zero-order valence-electron chi connectivity index (χ0n) is 8.83. The summed E-state index contributed by atoms with van der Waals surface area (Å²) in [5.41, 5.74) is 0. The molecule has 0 bridgehead atoms. The smallest absolute Gasteiger partial charge is 0.256 e. The highest BCUT2D eigenvalue weighted by Gasteiger charge is 2.05. The summed E-state index contributed by atoms with van der Waals surface area (Å²) in [6, 6.07) is 1.83. The summed E-state index contributed by atoms with van der Waals surface area (Å²) in [7, 11) is 3.24. The van der Waals surface area contributed by atoms with Gasteiger partial charge in [0.05, 0.1) is 13.7 Å². The minimum Gasteiger partial charge on any atom is -0.488 e. The van der Waals surface area contributed by atoms with Gasteiger partial charge in [0.15, 0.2) is 5.75 Å². The van der Waals surface area contributed by atoms with Crippen LogP contribution in [0.15, 0.2) is 16.7 Å². The topological polar surface area (TPSA) is 40.6 Å². The Hall–Kier alpha value is -0.810. The second kappa shape index (κ2) is 6.63. The van der Waals surface area contributed by atoms with Crippen LogP contribution in [0.3, 0.4) is 0 Å². The molecule has 0 spiro atoms. The van der Waals surface area contributed by atoms with Crippen LogP contribution in [-0.2, 0) is 4.74 Å². The van der Waals surface area contributed by atoms with E-state index in [0.29, 0.717) is 24.8 Å². The highest BCUT2D eigenvalue weighted by atomic mass is 79.9. The van der Waals surface area contributed by atoms with Crippen LogP contribution >= 0.6 is 15.9 Å². The van der Waals surface area contributed by atoms with E-state index in [4.69, 9.17) is 14.2 Å². The van der Waals surface area contributed by atoms with Gasteiger partial charge in [-0.15, -0.1) is 0 Å².